The molecule has 2 aliphatic rings. The summed E-state index contributed by atoms with van der Waals surface area (Å²) in [7, 11) is 1.73. The molecule has 92 valence electrons. The van der Waals surface area contributed by atoms with Crippen LogP contribution in [0, 0.1) is 0 Å². The van der Waals surface area contributed by atoms with Crippen molar-refractivity contribution in [3.63, 3.8) is 0 Å². The van der Waals surface area contributed by atoms with Gasteiger partial charge in [0.15, 0.2) is 0 Å². The fraction of sp³-hybridized carbons (Fsp3) is 0.571. The Bertz CT molecular complexity index is 419. The number of aryl methyl sites for hydroxylation is 1. The molecule has 1 aromatic carbocycles. The van der Waals surface area contributed by atoms with Crippen LogP contribution in [0.1, 0.15) is 24.8 Å². The number of anilines is 1. The van der Waals surface area contributed by atoms with E-state index >= 15 is 0 Å². The van der Waals surface area contributed by atoms with Gasteiger partial charge in [-0.25, -0.2) is 0 Å². The zero-order chi connectivity index (χ0) is 11.8. The molecule has 1 fully saturated rings. The number of nitrogens with two attached hydrogens (primary N) is 1. The Kier molecular flexibility index (Phi) is 2.71. The third-order valence-electron chi connectivity index (χ3n) is 4.14. The molecule has 2 heterocycles. The molecule has 0 saturated carbocycles. The van der Waals surface area contributed by atoms with Gasteiger partial charge in [-0.3, -0.25) is 0 Å². The van der Waals surface area contributed by atoms with E-state index in [0.717, 1.165) is 18.7 Å². The maximum absolute atomic E-state index is 6.24. The summed E-state index contributed by atoms with van der Waals surface area (Å²) in [5.74, 6) is 0.962. The zero-order valence-corrected chi connectivity index (χ0v) is 10.4. The molecule has 2 N–H and O–H groups in total. The molecule has 1 aromatic rings. The third-order valence-corrected chi connectivity index (χ3v) is 4.14. The molecular formula is C14H20N2O. The minimum atomic E-state index is 0.346. The second-order valence-corrected chi connectivity index (χ2v) is 5.10. The van der Waals surface area contributed by atoms with Crippen molar-refractivity contribution < 1.29 is 4.74 Å². The van der Waals surface area contributed by atoms with Crippen molar-refractivity contribution in [2.75, 3.05) is 18.6 Å². The number of nitrogens with zero attached hydrogens (tertiary/aromatic N) is 1. The first-order valence-corrected chi connectivity index (χ1v) is 6.49. The molecular weight excluding hydrogens is 212 g/mol. The summed E-state index contributed by atoms with van der Waals surface area (Å²) in [4.78, 5) is 2.51. The average molecular weight is 232 g/mol. The van der Waals surface area contributed by atoms with Crippen LogP contribution in [0.5, 0.6) is 5.75 Å². The first-order valence-electron chi connectivity index (χ1n) is 6.49. The SMILES string of the molecule is COc1ccc2c(c1)CCC1C(N)CCCN21. The number of rotatable bonds is 1. The van der Waals surface area contributed by atoms with Crippen LogP contribution in [0.4, 0.5) is 5.69 Å². The molecule has 0 aliphatic carbocycles. The number of methoxy groups -OCH3 is 1. The maximum atomic E-state index is 6.24. The standard InChI is InChI=1S/C14H20N2O/c1-17-11-5-7-13-10(9-11)4-6-14-12(15)3-2-8-16(13)14/h5,7,9,12,14H,2-4,6,8,15H2,1H3. The van der Waals surface area contributed by atoms with Crippen LogP contribution in [-0.2, 0) is 6.42 Å². The number of ether oxygens (including phenoxy) is 1. The van der Waals surface area contributed by atoms with Gasteiger partial charge in [-0.1, -0.05) is 0 Å². The highest BCUT2D eigenvalue weighted by Crippen LogP contribution is 2.36. The van der Waals surface area contributed by atoms with Gasteiger partial charge in [0.05, 0.1) is 7.11 Å². The predicted molar refractivity (Wildman–Crippen MR) is 69.7 cm³/mol. The Morgan fingerprint density at radius 3 is 3.06 bits per heavy atom. The Balaban J connectivity index is 1.96. The van der Waals surface area contributed by atoms with Crippen molar-refractivity contribution >= 4 is 5.69 Å². The van der Waals surface area contributed by atoms with Gasteiger partial charge >= 0.3 is 0 Å². The lowest BCUT2D eigenvalue weighted by atomic mass is 9.86. The van der Waals surface area contributed by atoms with E-state index in [1.54, 1.807) is 7.11 Å². The Hall–Kier alpha value is -1.22. The maximum Gasteiger partial charge on any atom is 0.119 e. The molecule has 2 atom stereocenters. The molecule has 3 rings (SSSR count). The smallest absolute Gasteiger partial charge is 0.119 e. The quantitative estimate of drug-likeness (QED) is 0.804. The summed E-state index contributed by atoms with van der Waals surface area (Å²) in [5, 5.41) is 0. The van der Waals surface area contributed by atoms with E-state index in [0.29, 0.717) is 12.1 Å². The molecule has 0 aromatic heterocycles. The van der Waals surface area contributed by atoms with Gasteiger partial charge in [0.25, 0.3) is 0 Å². The van der Waals surface area contributed by atoms with Crippen molar-refractivity contribution in [3.05, 3.63) is 23.8 Å². The van der Waals surface area contributed by atoms with Crippen LogP contribution in [0.3, 0.4) is 0 Å². The molecule has 0 amide bonds. The first kappa shape index (κ1) is 10.9. The minimum absolute atomic E-state index is 0.346. The van der Waals surface area contributed by atoms with Gasteiger partial charge in [0.1, 0.15) is 5.75 Å². The second kappa shape index (κ2) is 4.22. The number of benzene rings is 1. The number of fused-ring (bicyclic) bond motifs is 3. The van der Waals surface area contributed by atoms with E-state index in [1.165, 1.54) is 30.5 Å². The normalized spacial score (nSPS) is 27.3. The lowest BCUT2D eigenvalue weighted by molar-refractivity contribution is 0.370. The first-order chi connectivity index (χ1) is 8.29. The van der Waals surface area contributed by atoms with Crippen LogP contribution >= 0.6 is 0 Å². The highest BCUT2D eigenvalue weighted by atomic mass is 16.5. The molecule has 17 heavy (non-hydrogen) atoms. The van der Waals surface area contributed by atoms with E-state index < -0.39 is 0 Å². The van der Waals surface area contributed by atoms with Crippen LogP contribution < -0.4 is 15.4 Å². The largest absolute Gasteiger partial charge is 0.497 e. The molecule has 2 aliphatic heterocycles. The molecule has 0 spiro atoms. The van der Waals surface area contributed by atoms with Gasteiger partial charge in [-0.2, -0.15) is 0 Å². The van der Waals surface area contributed by atoms with Crippen molar-refractivity contribution in [1.82, 2.24) is 0 Å². The molecule has 0 radical (unpaired) electrons. The van der Waals surface area contributed by atoms with Crippen molar-refractivity contribution in [1.29, 1.82) is 0 Å². The molecule has 0 bridgehead atoms. The van der Waals surface area contributed by atoms with Crippen molar-refractivity contribution in [3.8, 4) is 5.75 Å². The van der Waals surface area contributed by atoms with E-state index in [2.05, 4.69) is 23.1 Å². The van der Waals surface area contributed by atoms with Crippen LogP contribution in [0.15, 0.2) is 18.2 Å². The summed E-state index contributed by atoms with van der Waals surface area (Å²) in [6.07, 6.45) is 4.69. The minimum Gasteiger partial charge on any atom is -0.497 e. The second-order valence-electron chi connectivity index (χ2n) is 5.10. The Labute approximate surface area is 103 Å². The summed E-state index contributed by atoms with van der Waals surface area (Å²) >= 11 is 0. The topological polar surface area (TPSA) is 38.5 Å². The average Bonchev–Trinajstić information content (AvgIpc) is 2.38. The lowest BCUT2D eigenvalue weighted by Gasteiger charge is -2.45. The monoisotopic (exact) mass is 232 g/mol. The number of piperidine rings is 1. The number of hydrogen-bond acceptors (Lipinski definition) is 3. The predicted octanol–water partition coefficient (Wildman–Crippen LogP) is 1.94. The van der Waals surface area contributed by atoms with Gasteiger partial charge in [-0.05, 0) is 49.4 Å². The summed E-state index contributed by atoms with van der Waals surface area (Å²) < 4.78 is 5.29. The Morgan fingerprint density at radius 2 is 2.24 bits per heavy atom. The van der Waals surface area contributed by atoms with Crippen LogP contribution in [-0.4, -0.2) is 25.7 Å². The zero-order valence-electron chi connectivity index (χ0n) is 10.4. The number of hydrogen-bond donors (Lipinski definition) is 1. The van der Waals surface area contributed by atoms with Gasteiger partial charge in [-0.15, -0.1) is 0 Å². The van der Waals surface area contributed by atoms with Crippen molar-refractivity contribution in [2.45, 2.75) is 37.8 Å². The fourth-order valence-corrected chi connectivity index (χ4v) is 3.23. The fourth-order valence-electron chi connectivity index (χ4n) is 3.23. The van der Waals surface area contributed by atoms with Crippen molar-refractivity contribution in [2.24, 2.45) is 5.73 Å². The van der Waals surface area contributed by atoms with E-state index in [-0.39, 0.29) is 0 Å². The van der Waals surface area contributed by atoms with Crippen LogP contribution in [0.2, 0.25) is 0 Å². The van der Waals surface area contributed by atoms with Gasteiger partial charge < -0.3 is 15.4 Å². The van der Waals surface area contributed by atoms with Gasteiger partial charge in [0.2, 0.25) is 0 Å². The third kappa shape index (κ3) is 1.78. The van der Waals surface area contributed by atoms with E-state index in [9.17, 15) is 0 Å². The lowest BCUT2D eigenvalue weighted by Crippen LogP contribution is -2.54. The highest BCUT2D eigenvalue weighted by Gasteiger charge is 2.33. The van der Waals surface area contributed by atoms with Crippen LogP contribution in [0.25, 0.3) is 0 Å². The summed E-state index contributed by atoms with van der Waals surface area (Å²) in [5.41, 5.74) is 9.02. The molecule has 3 nitrogen and oxygen atoms in total. The summed E-state index contributed by atoms with van der Waals surface area (Å²) in [6.45, 7) is 1.15. The van der Waals surface area contributed by atoms with Gasteiger partial charge in [0, 0.05) is 24.3 Å². The Morgan fingerprint density at radius 1 is 1.35 bits per heavy atom. The molecule has 1 saturated heterocycles. The summed E-state index contributed by atoms with van der Waals surface area (Å²) in [6, 6.07) is 7.31. The molecule has 3 heteroatoms. The molecule has 2 unspecified atom stereocenters. The van der Waals surface area contributed by atoms with E-state index in [4.69, 9.17) is 10.5 Å². The highest BCUT2D eigenvalue weighted by molar-refractivity contribution is 5.59. The van der Waals surface area contributed by atoms with E-state index in [1.807, 2.05) is 0 Å².